The van der Waals surface area contributed by atoms with E-state index in [1.165, 1.54) is 12.8 Å². The van der Waals surface area contributed by atoms with Gasteiger partial charge in [0.15, 0.2) is 0 Å². The minimum absolute atomic E-state index is 0.0599. The van der Waals surface area contributed by atoms with Crippen LogP contribution in [0, 0.1) is 22.7 Å². The molecule has 0 radical (unpaired) electrons. The Hall–Kier alpha value is -0.300. The van der Waals surface area contributed by atoms with E-state index in [0.29, 0.717) is 12.0 Å². The van der Waals surface area contributed by atoms with E-state index in [0.717, 1.165) is 18.3 Å². The van der Waals surface area contributed by atoms with Crippen LogP contribution in [0.1, 0.15) is 47.0 Å². The van der Waals surface area contributed by atoms with Gasteiger partial charge in [0.2, 0.25) is 0 Å². The lowest BCUT2D eigenvalue weighted by atomic mass is 9.48. The topological polar surface area (TPSA) is 20.2 Å². The summed E-state index contributed by atoms with van der Waals surface area (Å²) in [7, 11) is 0. The van der Waals surface area contributed by atoms with Crippen LogP contribution >= 0.6 is 0 Å². The van der Waals surface area contributed by atoms with Crippen molar-refractivity contribution in [3.05, 3.63) is 11.6 Å². The van der Waals surface area contributed by atoms with Crippen molar-refractivity contribution in [2.75, 3.05) is 6.61 Å². The van der Waals surface area contributed by atoms with Gasteiger partial charge >= 0.3 is 0 Å². The highest BCUT2D eigenvalue weighted by Crippen LogP contribution is 2.60. The third kappa shape index (κ3) is 1.75. The molecule has 86 valence electrons. The maximum atomic E-state index is 9.33. The lowest BCUT2D eigenvalue weighted by Gasteiger charge is -2.57. The number of fused-ring (bicyclic) bond motifs is 1. The second-order valence-electron chi connectivity index (χ2n) is 6.82. The van der Waals surface area contributed by atoms with E-state index in [9.17, 15) is 5.11 Å². The number of aliphatic hydroxyl groups excluding tert-OH is 1. The Morgan fingerprint density at radius 2 is 2.13 bits per heavy atom. The summed E-state index contributed by atoms with van der Waals surface area (Å²) in [5.41, 5.74) is 2.20. The van der Waals surface area contributed by atoms with Crippen LogP contribution in [-0.4, -0.2) is 11.7 Å². The highest BCUT2D eigenvalue weighted by atomic mass is 16.3. The predicted octanol–water partition coefficient (Wildman–Crippen LogP) is 3.39. The van der Waals surface area contributed by atoms with E-state index in [-0.39, 0.29) is 5.41 Å². The Labute approximate surface area is 93.6 Å². The first kappa shape index (κ1) is 11.2. The van der Waals surface area contributed by atoms with Crippen molar-refractivity contribution in [2.24, 2.45) is 22.7 Å². The molecule has 1 fully saturated rings. The number of aliphatic hydroxyl groups is 1. The molecule has 3 rings (SSSR count). The zero-order chi connectivity index (χ0) is 11.3. The Kier molecular flexibility index (Phi) is 2.50. The third-order valence-electron chi connectivity index (χ3n) is 4.69. The summed E-state index contributed by atoms with van der Waals surface area (Å²) in [6.45, 7) is 9.42. The van der Waals surface area contributed by atoms with E-state index in [1.807, 2.05) is 0 Å². The minimum atomic E-state index is 0.0599. The van der Waals surface area contributed by atoms with Crippen LogP contribution in [0.2, 0.25) is 0 Å². The van der Waals surface area contributed by atoms with Crippen LogP contribution in [0.4, 0.5) is 0 Å². The fourth-order valence-corrected chi connectivity index (χ4v) is 3.28. The van der Waals surface area contributed by atoms with E-state index in [4.69, 9.17) is 0 Å². The molecule has 0 spiro atoms. The van der Waals surface area contributed by atoms with Gasteiger partial charge in [-0.15, -0.1) is 0 Å². The monoisotopic (exact) mass is 208 g/mol. The zero-order valence-electron chi connectivity index (χ0n) is 10.5. The number of hydrogen-bond acceptors (Lipinski definition) is 1. The molecule has 1 nitrogen and oxygen atoms in total. The van der Waals surface area contributed by atoms with Gasteiger partial charge < -0.3 is 5.11 Å². The normalized spacial score (nSPS) is 33.3. The minimum Gasteiger partial charge on any atom is -0.396 e. The van der Waals surface area contributed by atoms with Gasteiger partial charge in [-0.3, -0.25) is 0 Å². The predicted molar refractivity (Wildman–Crippen MR) is 63.6 cm³/mol. The molecule has 0 aromatic rings. The van der Waals surface area contributed by atoms with Gasteiger partial charge in [-0.25, -0.2) is 0 Å². The summed E-state index contributed by atoms with van der Waals surface area (Å²) < 4.78 is 0. The average Bonchev–Trinajstić information content (AvgIpc) is 2.17. The SMILES string of the molecule is CC(C)(CO)CC1=CC[C@H]2C[C@@H]1C2(C)C. The van der Waals surface area contributed by atoms with E-state index < -0.39 is 0 Å². The maximum absolute atomic E-state index is 9.33. The van der Waals surface area contributed by atoms with E-state index >= 15 is 0 Å². The van der Waals surface area contributed by atoms with Crippen molar-refractivity contribution < 1.29 is 5.11 Å². The molecule has 0 aliphatic heterocycles. The summed E-state index contributed by atoms with van der Waals surface area (Å²) in [6.07, 6.45) is 6.17. The molecule has 0 heterocycles. The summed E-state index contributed by atoms with van der Waals surface area (Å²) in [5, 5.41) is 9.33. The molecule has 2 bridgehead atoms. The molecule has 1 heteroatoms. The van der Waals surface area contributed by atoms with E-state index in [2.05, 4.69) is 33.8 Å². The number of allylic oxidation sites excluding steroid dienone is 2. The number of hydrogen-bond donors (Lipinski definition) is 1. The van der Waals surface area contributed by atoms with Crippen molar-refractivity contribution in [2.45, 2.75) is 47.0 Å². The summed E-state index contributed by atoms with van der Waals surface area (Å²) in [4.78, 5) is 0. The molecule has 0 aromatic carbocycles. The lowest BCUT2D eigenvalue weighted by Crippen LogP contribution is -2.48. The highest BCUT2D eigenvalue weighted by molar-refractivity contribution is 5.24. The molecule has 1 saturated carbocycles. The molecule has 0 saturated heterocycles. The van der Waals surface area contributed by atoms with Crippen LogP contribution in [0.25, 0.3) is 0 Å². The summed E-state index contributed by atoms with van der Waals surface area (Å²) in [6, 6.07) is 0. The molecular weight excluding hydrogens is 184 g/mol. The van der Waals surface area contributed by atoms with Gasteiger partial charge in [0.05, 0.1) is 0 Å². The molecule has 1 N–H and O–H groups in total. The highest BCUT2D eigenvalue weighted by Gasteiger charge is 2.51. The summed E-state index contributed by atoms with van der Waals surface area (Å²) >= 11 is 0. The van der Waals surface area contributed by atoms with Gasteiger partial charge in [-0.1, -0.05) is 39.3 Å². The largest absolute Gasteiger partial charge is 0.396 e. The zero-order valence-corrected chi connectivity index (χ0v) is 10.5. The standard InChI is InChI=1S/C14H24O/c1-13(2,9-15)8-10-5-6-11-7-12(10)14(11,3)4/h5,11-12,15H,6-9H2,1-4H3/t11-,12-/m0/s1. The maximum Gasteiger partial charge on any atom is 0.0485 e. The molecule has 0 aromatic heterocycles. The smallest absolute Gasteiger partial charge is 0.0485 e. The van der Waals surface area contributed by atoms with Gasteiger partial charge in [0.25, 0.3) is 0 Å². The van der Waals surface area contributed by atoms with Gasteiger partial charge in [-0.2, -0.15) is 0 Å². The van der Waals surface area contributed by atoms with Crippen molar-refractivity contribution in [1.82, 2.24) is 0 Å². The number of rotatable bonds is 3. The van der Waals surface area contributed by atoms with Gasteiger partial charge in [-0.05, 0) is 41.9 Å². The van der Waals surface area contributed by atoms with Crippen molar-refractivity contribution in [1.29, 1.82) is 0 Å². The lowest BCUT2D eigenvalue weighted by molar-refractivity contribution is -0.0130. The third-order valence-corrected chi connectivity index (χ3v) is 4.69. The molecule has 2 atom stereocenters. The summed E-state index contributed by atoms with van der Waals surface area (Å²) in [5.74, 6) is 1.71. The first-order valence-corrected chi connectivity index (χ1v) is 6.16. The second kappa shape index (κ2) is 3.35. The van der Waals surface area contributed by atoms with E-state index in [1.54, 1.807) is 5.57 Å². The molecule has 3 aliphatic carbocycles. The quantitative estimate of drug-likeness (QED) is 0.705. The Morgan fingerprint density at radius 1 is 1.47 bits per heavy atom. The molecule has 0 unspecified atom stereocenters. The van der Waals surface area contributed by atoms with Crippen LogP contribution in [-0.2, 0) is 0 Å². The van der Waals surface area contributed by atoms with Crippen LogP contribution in [0.3, 0.4) is 0 Å². The fraction of sp³-hybridized carbons (Fsp3) is 0.857. The van der Waals surface area contributed by atoms with Gasteiger partial charge in [0, 0.05) is 6.61 Å². The molecule has 15 heavy (non-hydrogen) atoms. The van der Waals surface area contributed by atoms with Crippen LogP contribution < -0.4 is 0 Å². The van der Waals surface area contributed by atoms with Gasteiger partial charge in [0.1, 0.15) is 0 Å². The van der Waals surface area contributed by atoms with Crippen molar-refractivity contribution in [3.63, 3.8) is 0 Å². The molecule has 3 aliphatic rings. The fourth-order valence-electron chi connectivity index (χ4n) is 3.28. The van der Waals surface area contributed by atoms with Crippen molar-refractivity contribution in [3.8, 4) is 0 Å². The Balaban J connectivity index is 2.09. The Morgan fingerprint density at radius 3 is 2.60 bits per heavy atom. The molecular formula is C14H24O. The van der Waals surface area contributed by atoms with Crippen LogP contribution in [0.15, 0.2) is 11.6 Å². The van der Waals surface area contributed by atoms with Crippen LogP contribution in [0.5, 0.6) is 0 Å². The molecule has 0 amide bonds. The first-order valence-electron chi connectivity index (χ1n) is 6.16. The van der Waals surface area contributed by atoms with Crippen molar-refractivity contribution >= 4 is 0 Å². The first-order chi connectivity index (χ1) is 6.87. The Bertz CT molecular complexity index is 286. The average molecular weight is 208 g/mol. The second-order valence-corrected chi connectivity index (χ2v) is 6.82.